The number of terminal acetylenes is 1. The lowest BCUT2D eigenvalue weighted by molar-refractivity contribution is 1.32. The Labute approximate surface area is 64.4 Å². The van der Waals surface area contributed by atoms with Crippen molar-refractivity contribution in [2.24, 2.45) is 5.29 Å². The third kappa shape index (κ3) is 1.80. The van der Waals surface area contributed by atoms with Gasteiger partial charge in [-0.15, -0.1) is 11.3 Å². The molecule has 0 aliphatic heterocycles. The minimum atomic E-state index is 0.638. The van der Waals surface area contributed by atoms with Crippen LogP contribution in [0.15, 0.2) is 29.6 Å². The molecule has 0 spiro atoms. The Morgan fingerprint density at radius 3 is 2.45 bits per heavy atom. The minimum absolute atomic E-state index is 0.638. The molecule has 0 saturated carbocycles. The molecule has 0 aliphatic carbocycles. The highest BCUT2D eigenvalue weighted by atomic mass is 16.3. The second kappa shape index (κ2) is 3.37. The Morgan fingerprint density at radius 1 is 1.36 bits per heavy atom. The number of anilines is 1. The maximum absolute atomic E-state index is 9.73. The molecule has 1 N–H and O–H groups in total. The monoisotopic (exact) mass is 146 g/mol. The highest BCUT2D eigenvalue weighted by molar-refractivity contribution is 5.47. The zero-order valence-electron chi connectivity index (χ0n) is 5.74. The van der Waals surface area contributed by atoms with Gasteiger partial charge >= 0.3 is 0 Å². The predicted octanol–water partition coefficient (Wildman–Crippen LogP) is 1.76. The zero-order valence-corrected chi connectivity index (χ0v) is 5.74. The van der Waals surface area contributed by atoms with Crippen LogP contribution in [0.4, 0.5) is 5.69 Å². The van der Waals surface area contributed by atoms with Gasteiger partial charge in [0.05, 0.1) is 11.0 Å². The highest BCUT2D eigenvalue weighted by Gasteiger charge is 1.88. The lowest BCUT2D eigenvalue weighted by atomic mass is 10.2. The summed E-state index contributed by atoms with van der Waals surface area (Å²) >= 11 is 0. The van der Waals surface area contributed by atoms with Crippen LogP contribution in [0.3, 0.4) is 0 Å². The van der Waals surface area contributed by atoms with Crippen LogP contribution < -0.4 is 5.43 Å². The van der Waals surface area contributed by atoms with Crippen LogP contribution in [0.2, 0.25) is 0 Å². The molecule has 1 aromatic carbocycles. The summed E-state index contributed by atoms with van der Waals surface area (Å²) in [6, 6.07) is 6.84. The lowest BCUT2D eigenvalue weighted by Gasteiger charge is -1.94. The van der Waals surface area contributed by atoms with Crippen molar-refractivity contribution in [1.82, 2.24) is 0 Å². The molecule has 0 aliphatic rings. The molecule has 0 amide bonds. The molecular formula is C8H6N2O. The van der Waals surface area contributed by atoms with Crippen LogP contribution in [0.5, 0.6) is 0 Å². The molecular weight excluding hydrogens is 140 g/mol. The molecule has 0 heterocycles. The van der Waals surface area contributed by atoms with Crippen molar-refractivity contribution in [2.45, 2.75) is 0 Å². The first-order valence-corrected chi connectivity index (χ1v) is 3.02. The fourth-order valence-corrected chi connectivity index (χ4v) is 0.694. The van der Waals surface area contributed by atoms with E-state index in [-0.39, 0.29) is 0 Å². The van der Waals surface area contributed by atoms with Crippen LogP contribution in [0.25, 0.3) is 0 Å². The molecule has 54 valence electrons. The number of nitrogens with zero attached hydrogens (tertiary/aromatic N) is 1. The molecule has 3 heteroatoms. The van der Waals surface area contributed by atoms with Gasteiger partial charge in [0.1, 0.15) is 0 Å². The summed E-state index contributed by atoms with van der Waals surface area (Å²) < 4.78 is 0. The van der Waals surface area contributed by atoms with Crippen molar-refractivity contribution in [2.75, 3.05) is 5.43 Å². The molecule has 11 heavy (non-hydrogen) atoms. The molecule has 1 aromatic rings. The van der Waals surface area contributed by atoms with Crippen LogP contribution in [0, 0.1) is 17.3 Å². The second-order valence-electron chi connectivity index (χ2n) is 1.92. The van der Waals surface area contributed by atoms with Gasteiger partial charge in [-0.25, -0.2) is 5.43 Å². The van der Waals surface area contributed by atoms with Crippen molar-refractivity contribution < 1.29 is 0 Å². The van der Waals surface area contributed by atoms with Crippen molar-refractivity contribution in [3.63, 3.8) is 0 Å². The summed E-state index contributed by atoms with van der Waals surface area (Å²) in [6.45, 7) is 0. The summed E-state index contributed by atoms with van der Waals surface area (Å²) in [6.07, 6.45) is 5.12. The highest BCUT2D eigenvalue weighted by Crippen LogP contribution is 2.07. The van der Waals surface area contributed by atoms with Crippen molar-refractivity contribution >= 4 is 5.69 Å². The van der Waals surface area contributed by atoms with E-state index in [9.17, 15) is 4.91 Å². The third-order valence-corrected chi connectivity index (χ3v) is 1.23. The van der Waals surface area contributed by atoms with E-state index in [1.807, 2.05) is 0 Å². The smallest absolute Gasteiger partial charge is 0.0594 e. The summed E-state index contributed by atoms with van der Waals surface area (Å²) in [5.41, 5.74) is 3.68. The largest absolute Gasteiger partial charge is 0.242 e. The van der Waals surface area contributed by atoms with Gasteiger partial charge in [0.15, 0.2) is 0 Å². The number of rotatable bonds is 2. The molecule has 0 atom stereocenters. The van der Waals surface area contributed by atoms with E-state index in [1.54, 1.807) is 24.3 Å². The molecule has 0 fully saturated rings. The second-order valence-corrected chi connectivity index (χ2v) is 1.92. The van der Waals surface area contributed by atoms with E-state index < -0.39 is 0 Å². The predicted molar refractivity (Wildman–Crippen MR) is 43.8 cm³/mol. The maximum Gasteiger partial charge on any atom is 0.0594 e. The van der Waals surface area contributed by atoms with Crippen LogP contribution in [-0.2, 0) is 0 Å². The Hall–Kier alpha value is -1.82. The van der Waals surface area contributed by atoms with Gasteiger partial charge in [-0.2, -0.15) is 0 Å². The van der Waals surface area contributed by atoms with Crippen LogP contribution >= 0.6 is 0 Å². The summed E-state index contributed by atoms with van der Waals surface area (Å²) in [5.74, 6) is 2.46. The van der Waals surface area contributed by atoms with E-state index in [0.29, 0.717) is 5.69 Å². The van der Waals surface area contributed by atoms with E-state index in [1.165, 1.54) is 0 Å². The quantitative estimate of drug-likeness (QED) is 0.392. The average Bonchev–Trinajstić information content (AvgIpc) is 2.07. The van der Waals surface area contributed by atoms with E-state index in [0.717, 1.165) is 5.56 Å². The normalized spacial score (nSPS) is 8.27. The van der Waals surface area contributed by atoms with Gasteiger partial charge in [0, 0.05) is 5.56 Å². The maximum atomic E-state index is 9.73. The Morgan fingerprint density at radius 2 is 2.00 bits per heavy atom. The van der Waals surface area contributed by atoms with Gasteiger partial charge in [-0.05, 0) is 24.3 Å². The summed E-state index contributed by atoms with van der Waals surface area (Å²) in [7, 11) is 0. The van der Waals surface area contributed by atoms with E-state index >= 15 is 0 Å². The van der Waals surface area contributed by atoms with E-state index in [2.05, 4.69) is 16.6 Å². The SMILES string of the molecule is C#Cc1ccc(NN=O)cc1. The summed E-state index contributed by atoms with van der Waals surface area (Å²) in [5, 5.41) is 2.51. The molecule has 0 aromatic heterocycles. The number of nitrogens with one attached hydrogen (secondary N) is 1. The van der Waals surface area contributed by atoms with E-state index in [4.69, 9.17) is 6.42 Å². The Bertz CT molecular complexity index is 284. The lowest BCUT2D eigenvalue weighted by Crippen LogP contribution is -1.84. The standard InChI is InChI=1S/C8H6N2O/c1-2-7-3-5-8(6-4-7)9-10-11/h1,3-6H,(H,9,11). The van der Waals surface area contributed by atoms with Gasteiger partial charge in [-0.3, -0.25) is 0 Å². The zero-order chi connectivity index (χ0) is 8.10. The number of benzene rings is 1. The topological polar surface area (TPSA) is 41.5 Å². The molecule has 0 unspecified atom stereocenters. The van der Waals surface area contributed by atoms with Crippen molar-refractivity contribution in [3.05, 3.63) is 34.7 Å². The summed E-state index contributed by atoms with van der Waals surface area (Å²) in [4.78, 5) is 9.73. The molecule has 1 rings (SSSR count). The van der Waals surface area contributed by atoms with Gasteiger partial charge in [0.25, 0.3) is 0 Å². The third-order valence-electron chi connectivity index (χ3n) is 1.23. The van der Waals surface area contributed by atoms with Crippen LogP contribution in [-0.4, -0.2) is 0 Å². The van der Waals surface area contributed by atoms with Crippen molar-refractivity contribution in [1.29, 1.82) is 0 Å². The fourth-order valence-electron chi connectivity index (χ4n) is 0.694. The Kier molecular flexibility index (Phi) is 2.24. The molecule has 3 nitrogen and oxygen atoms in total. The van der Waals surface area contributed by atoms with Crippen LogP contribution in [0.1, 0.15) is 5.56 Å². The molecule has 0 bridgehead atoms. The molecule has 0 radical (unpaired) electrons. The minimum Gasteiger partial charge on any atom is -0.242 e. The number of nitroso groups, excluding NO2 is 1. The number of hydrogen-bond acceptors (Lipinski definition) is 2. The van der Waals surface area contributed by atoms with Crippen molar-refractivity contribution in [3.8, 4) is 12.3 Å². The van der Waals surface area contributed by atoms with Gasteiger partial charge in [-0.1, -0.05) is 5.92 Å². The molecule has 0 saturated heterocycles. The first kappa shape index (κ1) is 7.29. The fraction of sp³-hybridized carbons (Fsp3) is 0. The van der Waals surface area contributed by atoms with Gasteiger partial charge < -0.3 is 0 Å². The first-order valence-electron chi connectivity index (χ1n) is 3.02. The average molecular weight is 146 g/mol. The van der Waals surface area contributed by atoms with Gasteiger partial charge in [0.2, 0.25) is 0 Å². The number of hydrogen-bond donors (Lipinski definition) is 1. The first-order chi connectivity index (χ1) is 5.36. The Balaban J connectivity index is 2.84.